The van der Waals surface area contributed by atoms with E-state index in [-0.39, 0.29) is 18.5 Å². The fourth-order valence-electron chi connectivity index (χ4n) is 3.79. The molecule has 2 aromatic rings. The molecule has 7 nitrogen and oxygen atoms in total. The number of amides is 3. The van der Waals surface area contributed by atoms with Crippen LogP contribution in [-0.2, 0) is 17.9 Å². The molecule has 134 valence electrons. The molecular weight excluding hydrogens is 330 g/mol. The molecule has 7 heteroatoms. The predicted molar refractivity (Wildman–Crippen MR) is 94.8 cm³/mol. The first-order valence-corrected chi connectivity index (χ1v) is 8.84. The second-order valence-corrected chi connectivity index (χ2v) is 6.72. The summed E-state index contributed by atoms with van der Waals surface area (Å²) in [5.41, 5.74) is 0.861. The van der Waals surface area contributed by atoms with Crippen LogP contribution in [0.4, 0.5) is 4.79 Å². The van der Waals surface area contributed by atoms with E-state index in [9.17, 15) is 9.59 Å². The van der Waals surface area contributed by atoms with Gasteiger partial charge in [0, 0.05) is 18.6 Å². The van der Waals surface area contributed by atoms with Crippen molar-refractivity contribution in [3.05, 3.63) is 60.2 Å². The molecule has 3 amide bonds. The molecule has 4 heterocycles. The van der Waals surface area contributed by atoms with Gasteiger partial charge in [0.25, 0.3) is 5.91 Å². The summed E-state index contributed by atoms with van der Waals surface area (Å²) in [6, 6.07) is 9.05. The lowest BCUT2D eigenvalue weighted by atomic mass is 9.86. The Morgan fingerprint density at radius 2 is 1.88 bits per heavy atom. The summed E-state index contributed by atoms with van der Waals surface area (Å²) in [5.74, 6) is -0.112. The first-order valence-electron chi connectivity index (χ1n) is 8.84. The quantitative estimate of drug-likeness (QED) is 0.846. The first kappa shape index (κ1) is 16.7. The Morgan fingerprint density at radius 1 is 1.04 bits per heavy atom. The number of carbonyl (C=O) groups excluding carboxylic acids is 2. The van der Waals surface area contributed by atoms with Crippen molar-refractivity contribution in [1.82, 2.24) is 25.1 Å². The summed E-state index contributed by atoms with van der Waals surface area (Å²) in [6.07, 6.45) is 6.36. The maximum absolute atomic E-state index is 13.3. The van der Waals surface area contributed by atoms with Crippen LogP contribution in [0.2, 0.25) is 0 Å². The van der Waals surface area contributed by atoms with Crippen LogP contribution in [0.3, 0.4) is 0 Å². The second kappa shape index (κ2) is 6.84. The molecule has 0 unspecified atom stereocenters. The van der Waals surface area contributed by atoms with Crippen molar-refractivity contribution in [2.75, 3.05) is 13.1 Å². The van der Waals surface area contributed by atoms with Gasteiger partial charge in [0.05, 0.1) is 18.8 Å². The van der Waals surface area contributed by atoms with E-state index in [0.29, 0.717) is 25.1 Å². The highest BCUT2D eigenvalue weighted by molar-refractivity contribution is 6.07. The highest BCUT2D eigenvalue weighted by Crippen LogP contribution is 2.37. The number of hydrogen-bond donors (Lipinski definition) is 1. The van der Waals surface area contributed by atoms with E-state index in [1.807, 2.05) is 30.3 Å². The zero-order chi connectivity index (χ0) is 18.0. The van der Waals surface area contributed by atoms with Gasteiger partial charge < -0.3 is 10.2 Å². The van der Waals surface area contributed by atoms with Gasteiger partial charge >= 0.3 is 6.03 Å². The van der Waals surface area contributed by atoms with E-state index >= 15 is 0 Å². The lowest BCUT2D eigenvalue weighted by Crippen LogP contribution is -2.55. The van der Waals surface area contributed by atoms with Crippen LogP contribution in [0.15, 0.2) is 48.9 Å². The van der Waals surface area contributed by atoms with Gasteiger partial charge in [-0.2, -0.15) is 0 Å². The van der Waals surface area contributed by atoms with Gasteiger partial charge in [0.1, 0.15) is 5.54 Å². The van der Waals surface area contributed by atoms with Gasteiger partial charge in [0.2, 0.25) is 0 Å². The molecule has 2 aliphatic rings. The minimum atomic E-state index is -0.771. The molecule has 0 aromatic carbocycles. The van der Waals surface area contributed by atoms with Gasteiger partial charge in [-0.1, -0.05) is 12.1 Å². The minimum absolute atomic E-state index is 0.112. The van der Waals surface area contributed by atoms with Crippen molar-refractivity contribution in [3.63, 3.8) is 0 Å². The molecular formula is C19H21N5O2. The Kier molecular flexibility index (Phi) is 4.38. The fraction of sp³-hybridized carbons (Fsp3) is 0.368. The summed E-state index contributed by atoms with van der Waals surface area (Å²) >= 11 is 0. The number of hydrogen-bond acceptors (Lipinski definition) is 5. The van der Waals surface area contributed by atoms with Crippen LogP contribution in [0, 0.1) is 0 Å². The molecule has 2 fully saturated rings. The molecule has 0 bridgehead atoms. The van der Waals surface area contributed by atoms with Crippen LogP contribution in [-0.4, -0.2) is 50.3 Å². The predicted octanol–water partition coefficient (Wildman–Crippen LogP) is 1.56. The van der Waals surface area contributed by atoms with Gasteiger partial charge in [-0.3, -0.25) is 19.7 Å². The lowest BCUT2D eigenvalue weighted by Gasteiger charge is -2.38. The first-order chi connectivity index (χ1) is 12.7. The molecule has 1 N–H and O–H groups in total. The monoisotopic (exact) mass is 351 g/mol. The average molecular weight is 351 g/mol. The summed E-state index contributed by atoms with van der Waals surface area (Å²) < 4.78 is 0. The van der Waals surface area contributed by atoms with Crippen molar-refractivity contribution in [1.29, 1.82) is 0 Å². The van der Waals surface area contributed by atoms with Gasteiger partial charge in [0.15, 0.2) is 0 Å². The van der Waals surface area contributed by atoms with Crippen molar-refractivity contribution in [2.45, 2.75) is 31.5 Å². The summed E-state index contributed by atoms with van der Waals surface area (Å²) in [7, 11) is 0. The number of pyridine rings is 2. The molecule has 2 aliphatic heterocycles. The van der Waals surface area contributed by atoms with Crippen molar-refractivity contribution < 1.29 is 9.59 Å². The highest BCUT2D eigenvalue weighted by Gasteiger charge is 2.57. The maximum atomic E-state index is 13.3. The van der Waals surface area contributed by atoms with Crippen molar-refractivity contribution in [2.24, 2.45) is 0 Å². The fourth-order valence-corrected chi connectivity index (χ4v) is 3.79. The SMILES string of the molecule is O=C1N(Cc2ccccn2)C(=O)C2(CCNCC2)N1Cc1cccnc1. The Morgan fingerprint density at radius 3 is 2.58 bits per heavy atom. The van der Waals surface area contributed by atoms with Crippen LogP contribution in [0.1, 0.15) is 24.1 Å². The number of rotatable bonds is 4. The number of urea groups is 1. The highest BCUT2D eigenvalue weighted by atomic mass is 16.2. The van der Waals surface area contributed by atoms with Gasteiger partial charge in [-0.15, -0.1) is 0 Å². The van der Waals surface area contributed by atoms with Crippen molar-refractivity contribution >= 4 is 11.9 Å². The molecule has 26 heavy (non-hydrogen) atoms. The van der Waals surface area contributed by atoms with Crippen LogP contribution >= 0.6 is 0 Å². The number of aromatic nitrogens is 2. The average Bonchev–Trinajstić information content (AvgIpc) is 2.87. The number of piperidine rings is 1. The Bertz CT molecular complexity index is 790. The molecule has 2 saturated heterocycles. The zero-order valence-corrected chi connectivity index (χ0v) is 14.5. The van der Waals surface area contributed by atoms with Gasteiger partial charge in [-0.05, 0) is 49.7 Å². The zero-order valence-electron chi connectivity index (χ0n) is 14.5. The Labute approximate surface area is 152 Å². The molecule has 0 aliphatic carbocycles. The molecule has 4 rings (SSSR count). The third kappa shape index (κ3) is 2.84. The smallest absolute Gasteiger partial charge is 0.317 e. The van der Waals surface area contributed by atoms with E-state index in [4.69, 9.17) is 0 Å². The van der Waals surface area contributed by atoms with E-state index < -0.39 is 5.54 Å². The Balaban J connectivity index is 1.66. The third-order valence-corrected chi connectivity index (χ3v) is 5.16. The van der Waals surface area contributed by atoms with Crippen molar-refractivity contribution in [3.8, 4) is 0 Å². The van der Waals surface area contributed by atoms with E-state index in [1.165, 1.54) is 4.90 Å². The van der Waals surface area contributed by atoms with E-state index in [1.54, 1.807) is 23.5 Å². The second-order valence-electron chi connectivity index (χ2n) is 6.72. The normalized spacial score (nSPS) is 19.4. The summed E-state index contributed by atoms with van der Waals surface area (Å²) in [5, 5.41) is 3.29. The van der Waals surface area contributed by atoms with Crippen LogP contribution < -0.4 is 5.32 Å². The standard InChI is InChI=1S/C19H21N5O2/c25-17-19(6-10-20-11-7-19)24(13-15-4-3-8-21-12-15)18(26)23(17)14-16-5-1-2-9-22-16/h1-5,8-9,12,20H,6-7,10-11,13-14H2. The minimum Gasteiger partial charge on any atom is -0.317 e. The number of nitrogens with zero attached hydrogens (tertiary/aromatic N) is 4. The van der Waals surface area contributed by atoms with Crippen LogP contribution in [0.5, 0.6) is 0 Å². The summed E-state index contributed by atoms with van der Waals surface area (Å²) in [4.78, 5) is 37.9. The lowest BCUT2D eigenvalue weighted by molar-refractivity contribution is -0.135. The number of imide groups is 1. The number of carbonyl (C=O) groups is 2. The van der Waals surface area contributed by atoms with Gasteiger partial charge in [-0.25, -0.2) is 4.79 Å². The van der Waals surface area contributed by atoms with Crippen LogP contribution in [0.25, 0.3) is 0 Å². The molecule has 0 radical (unpaired) electrons. The number of nitrogens with one attached hydrogen (secondary N) is 1. The molecule has 0 saturated carbocycles. The molecule has 2 aromatic heterocycles. The molecule has 1 spiro atoms. The van der Waals surface area contributed by atoms with E-state index in [2.05, 4.69) is 15.3 Å². The summed E-state index contributed by atoms with van der Waals surface area (Å²) in [6.45, 7) is 2.04. The van der Waals surface area contributed by atoms with E-state index in [0.717, 1.165) is 18.7 Å². The molecule has 0 atom stereocenters. The third-order valence-electron chi connectivity index (χ3n) is 5.16. The topological polar surface area (TPSA) is 78.4 Å². The maximum Gasteiger partial charge on any atom is 0.328 e. The Hall–Kier alpha value is -2.80. The largest absolute Gasteiger partial charge is 0.328 e.